The number of nitrogens with one attached hydrogen (secondary N) is 1. The zero-order chi connectivity index (χ0) is 16.8. The Morgan fingerprint density at radius 2 is 2.26 bits per heavy atom. The molecular formula is C17H25N3O2S. The number of nitrogens with zero attached hydrogens (tertiary/aromatic N) is 2. The first kappa shape index (κ1) is 17.8. The van der Waals surface area contributed by atoms with Crippen LogP contribution in [0.4, 0.5) is 5.69 Å². The molecule has 1 aliphatic heterocycles. The monoisotopic (exact) mass is 335 g/mol. The summed E-state index contributed by atoms with van der Waals surface area (Å²) in [6, 6.07) is 3.78. The summed E-state index contributed by atoms with van der Waals surface area (Å²) in [4.78, 5) is 31.0. The van der Waals surface area contributed by atoms with E-state index in [4.69, 9.17) is 0 Å². The molecule has 0 radical (unpaired) electrons. The largest absolute Gasteiger partial charge is 0.356 e. The molecule has 0 unspecified atom stereocenters. The van der Waals surface area contributed by atoms with E-state index in [0.29, 0.717) is 19.0 Å². The first-order valence-corrected chi connectivity index (χ1v) is 9.10. The fraction of sp³-hybridized carbons (Fsp3) is 0.588. The molecule has 1 aromatic heterocycles. The highest BCUT2D eigenvalue weighted by atomic mass is 32.2. The molecule has 0 aliphatic carbocycles. The van der Waals surface area contributed by atoms with Crippen molar-refractivity contribution in [3.63, 3.8) is 0 Å². The predicted octanol–water partition coefficient (Wildman–Crippen LogP) is 2.85. The summed E-state index contributed by atoms with van der Waals surface area (Å²) in [5.41, 5.74) is 0.870. The zero-order valence-electron chi connectivity index (χ0n) is 14.0. The number of hydrogen-bond acceptors (Lipinski definition) is 4. The van der Waals surface area contributed by atoms with E-state index in [9.17, 15) is 9.59 Å². The van der Waals surface area contributed by atoms with Crippen LogP contribution in [0.3, 0.4) is 0 Å². The molecular weight excluding hydrogens is 310 g/mol. The van der Waals surface area contributed by atoms with Crippen molar-refractivity contribution in [3.8, 4) is 0 Å². The van der Waals surface area contributed by atoms with Gasteiger partial charge in [-0.05, 0) is 24.5 Å². The lowest BCUT2D eigenvalue weighted by molar-refractivity contribution is -0.125. The summed E-state index contributed by atoms with van der Waals surface area (Å²) in [5, 5.41) is 3.34. The minimum Gasteiger partial charge on any atom is -0.356 e. The SMILES string of the molecule is CCCCN1C(=O)[C@@H](CC(=O)NCC(C)C)Sc2ncccc21. The summed E-state index contributed by atoms with van der Waals surface area (Å²) in [6.07, 6.45) is 3.90. The molecule has 0 bridgehead atoms. The Morgan fingerprint density at radius 3 is 2.96 bits per heavy atom. The summed E-state index contributed by atoms with van der Waals surface area (Å²) in [5.74, 6) is 0.347. The van der Waals surface area contributed by atoms with Crippen LogP contribution in [0, 0.1) is 5.92 Å². The summed E-state index contributed by atoms with van der Waals surface area (Å²) in [6.45, 7) is 7.52. The molecule has 1 atom stereocenters. The highest BCUT2D eigenvalue weighted by Gasteiger charge is 2.35. The van der Waals surface area contributed by atoms with E-state index in [1.165, 1.54) is 11.8 Å². The van der Waals surface area contributed by atoms with Gasteiger partial charge in [0.25, 0.3) is 0 Å². The second-order valence-electron chi connectivity index (χ2n) is 6.18. The van der Waals surface area contributed by atoms with Gasteiger partial charge in [-0.2, -0.15) is 0 Å². The third kappa shape index (κ3) is 4.70. The van der Waals surface area contributed by atoms with E-state index in [1.54, 1.807) is 11.1 Å². The van der Waals surface area contributed by atoms with Crippen LogP contribution in [0.15, 0.2) is 23.4 Å². The number of rotatable bonds is 7. The quantitative estimate of drug-likeness (QED) is 0.832. The van der Waals surface area contributed by atoms with E-state index in [-0.39, 0.29) is 23.5 Å². The normalized spacial score (nSPS) is 17.3. The van der Waals surface area contributed by atoms with E-state index < -0.39 is 0 Å². The van der Waals surface area contributed by atoms with Gasteiger partial charge in [0, 0.05) is 25.7 Å². The molecule has 0 saturated carbocycles. The number of pyridine rings is 1. The molecule has 2 amide bonds. The smallest absolute Gasteiger partial charge is 0.241 e. The molecule has 5 nitrogen and oxygen atoms in total. The van der Waals surface area contributed by atoms with Gasteiger partial charge < -0.3 is 10.2 Å². The molecule has 1 aliphatic rings. The molecule has 126 valence electrons. The van der Waals surface area contributed by atoms with Crippen molar-refractivity contribution in [1.29, 1.82) is 0 Å². The second-order valence-corrected chi connectivity index (χ2v) is 7.37. The fourth-order valence-electron chi connectivity index (χ4n) is 2.39. The topological polar surface area (TPSA) is 62.3 Å². The molecule has 2 heterocycles. The van der Waals surface area contributed by atoms with Crippen molar-refractivity contribution < 1.29 is 9.59 Å². The van der Waals surface area contributed by atoms with Crippen LogP contribution in [0.1, 0.15) is 40.0 Å². The van der Waals surface area contributed by atoms with Gasteiger partial charge >= 0.3 is 0 Å². The van der Waals surface area contributed by atoms with Gasteiger partial charge in [-0.15, -0.1) is 0 Å². The first-order chi connectivity index (χ1) is 11.0. The molecule has 2 rings (SSSR count). The molecule has 1 aromatic rings. The van der Waals surface area contributed by atoms with Crippen LogP contribution in [-0.2, 0) is 9.59 Å². The van der Waals surface area contributed by atoms with E-state index >= 15 is 0 Å². The Balaban J connectivity index is 2.10. The maximum Gasteiger partial charge on any atom is 0.241 e. The van der Waals surface area contributed by atoms with E-state index in [1.807, 2.05) is 26.0 Å². The number of carbonyl (C=O) groups excluding carboxylic acids is 2. The highest BCUT2D eigenvalue weighted by molar-refractivity contribution is 8.00. The molecule has 0 fully saturated rings. The Hall–Kier alpha value is -1.56. The Bertz CT molecular complexity index is 563. The molecule has 23 heavy (non-hydrogen) atoms. The van der Waals surface area contributed by atoms with Gasteiger partial charge in [0.2, 0.25) is 11.8 Å². The number of thioether (sulfide) groups is 1. The standard InChI is InChI=1S/C17H25N3O2S/c1-4-5-9-20-13-7-6-8-18-16(13)23-14(17(20)22)10-15(21)19-11-12(2)3/h6-8,12,14H,4-5,9-11H2,1-3H3,(H,19,21)/t14-/m1/s1. The van der Waals surface area contributed by atoms with Gasteiger partial charge in [-0.3, -0.25) is 9.59 Å². The van der Waals surface area contributed by atoms with Crippen molar-refractivity contribution in [2.24, 2.45) is 5.92 Å². The average molecular weight is 335 g/mol. The maximum absolute atomic E-state index is 12.8. The number of amides is 2. The summed E-state index contributed by atoms with van der Waals surface area (Å²) < 4.78 is 0. The lowest BCUT2D eigenvalue weighted by Gasteiger charge is -2.32. The van der Waals surface area contributed by atoms with Gasteiger partial charge in [-0.25, -0.2) is 4.98 Å². The van der Waals surface area contributed by atoms with Crippen LogP contribution in [0.25, 0.3) is 0 Å². The number of carbonyl (C=O) groups is 2. The molecule has 0 aromatic carbocycles. The lowest BCUT2D eigenvalue weighted by Crippen LogP contribution is -2.44. The Morgan fingerprint density at radius 1 is 1.48 bits per heavy atom. The molecule has 0 spiro atoms. The van der Waals surface area contributed by atoms with E-state index in [0.717, 1.165) is 23.6 Å². The molecule has 0 saturated heterocycles. The molecule has 6 heteroatoms. The van der Waals surface area contributed by atoms with Gasteiger partial charge in [0.15, 0.2) is 0 Å². The lowest BCUT2D eigenvalue weighted by atomic mass is 10.2. The van der Waals surface area contributed by atoms with Crippen molar-refractivity contribution in [1.82, 2.24) is 10.3 Å². The fourth-order valence-corrected chi connectivity index (χ4v) is 3.54. The third-order valence-corrected chi connectivity index (χ3v) is 4.84. The predicted molar refractivity (Wildman–Crippen MR) is 93.6 cm³/mol. The van der Waals surface area contributed by atoms with Crippen molar-refractivity contribution in [2.45, 2.75) is 50.3 Å². The average Bonchev–Trinajstić information content (AvgIpc) is 2.53. The van der Waals surface area contributed by atoms with Crippen LogP contribution < -0.4 is 10.2 Å². The Labute approximate surface area is 142 Å². The van der Waals surface area contributed by atoms with Crippen LogP contribution in [-0.4, -0.2) is 35.1 Å². The van der Waals surface area contributed by atoms with Crippen molar-refractivity contribution >= 4 is 29.3 Å². The third-order valence-electron chi connectivity index (χ3n) is 3.65. The minimum atomic E-state index is -0.388. The zero-order valence-corrected chi connectivity index (χ0v) is 14.9. The number of aromatic nitrogens is 1. The first-order valence-electron chi connectivity index (χ1n) is 8.22. The highest BCUT2D eigenvalue weighted by Crippen LogP contribution is 2.38. The number of unbranched alkanes of at least 4 members (excludes halogenated alkanes) is 1. The molecule has 1 N–H and O–H groups in total. The van der Waals surface area contributed by atoms with Gasteiger partial charge in [0.1, 0.15) is 5.03 Å². The van der Waals surface area contributed by atoms with Crippen LogP contribution in [0.5, 0.6) is 0 Å². The summed E-state index contributed by atoms with van der Waals surface area (Å²) >= 11 is 1.40. The minimum absolute atomic E-state index is 0.0173. The van der Waals surface area contributed by atoms with Crippen LogP contribution >= 0.6 is 11.8 Å². The number of fused-ring (bicyclic) bond motifs is 1. The van der Waals surface area contributed by atoms with Gasteiger partial charge in [0.05, 0.1) is 10.9 Å². The Kier molecular flexibility index (Phi) is 6.45. The van der Waals surface area contributed by atoms with Crippen molar-refractivity contribution in [2.75, 3.05) is 18.0 Å². The van der Waals surface area contributed by atoms with Gasteiger partial charge in [-0.1, -0.05) is 39.0 Å². The van der Waals surface area contributed by atoms with Crippen LogP contribution in [0.2, 0.25) is 0 Å². The maximum atomic E-state index is 12.8. The number of hydrogen-bond donors (Lipinski definition) is 1. The number of anilines is 1. The van der Waals surface area contributed by atoms with Crippen molar-refractivity contribution in [3.05, 3.63) is 18.3 Å². The summed E-state index contributed by atoms with van der Waals surface area (Å²) in [7, 11) is 0. The second kappa shape index (κ2) is 8.34. The van der Waals surface area contributed by atoms with E-state index in [2.05, 4.69) is 17.2 Å².